The van der Waals surface area contributed by atoms with Crippen LogP contribution < -0.4 is 0 Å². The quantitative estimate of drug-likeness (QED) is 0.630. The maximum absolute atomic E-state index is 2.35. The number of benzene rings is 1. The van der Waals surface area contributed by atoms with Gasteiger partial charge >= 0.3 is 0 Å². The summed E-state index contributed by atoms with van der Waals surface area (Å²) in [6.07, 6.45) is 4.63. The van der Waals surface area contributed by atoms with Crippen molar-refractivity contribution in [2.24, 2.45) is 0 Å². The minimum absolute atomic E-state index is 0.252. The van der Waals surface area contributed by atoms with Gasteiger partial charge < -0.3 is 0 Å². The highest BCUT2D eigenvalue weighted by molar-refractivity contribution is 5.46. The van der Waals surface area contributed by atoms with Crippen molar-refractivity contribution in [1.29, 1.82) is 0 Å². The van der Waals surface area contributed by atoms with Gasteiger partial charge in [0.05, 0.1) is 0 Å². The first kappa shape index (κ1) is 15.3. The van der Waals surface area contributed by atoms with Crippen molar-refractivity contribution in [1.82, 2.24) is 0 Å². The Morgan fingerprint density at radius 1 is 0.889 bits per heavy atom. The minimum Gasteiger partial charge on any atom is -0.0646 e. The topological polar surface area (TPSA) is 0 Å². The maximum Gasteiger partial charge on any atom is -0.0103 e. The summed E-state index contributed by atoms with van der Waals surface area (Å²) < 4.78 is 0. The molecule has 0 atom stereocenters. The van der Waals surface area contributed by atoms with Crippen molar-refractivity contribution in [2.75, 3.05) is 0 Å². The van der Waals surface area contributed by atoms with E-state index >= 15 is 0 Å². The van der Waals surface area contributed by atoms with Gasteiger partial charge in [-0.2, -0.15) is 0 Å². The van der Waals surface area contributed by atoms with Gasteiger partial charge in [-0.3, -0.25) is 0 Å². The Balaban J connectivity index is 3.45. The lowest BCUT2D eigenvalue weighted by Crippen LogP contribution is -2.23. The summed E-state index contributed by atoms with van der Waals surface area (Å²) >= 11 is 0. The zero-order chi connectivity index (χ0) is 14.0. The highest BCUT2D eigenvalue weighted by Crippen LogP contribution is 2.37. The van der Waals surface area contributed by atoms with Crippen LogP contribution in [0.2, 0.25) is 0 Å². The molecule has 0 N–H and O–H groups in total. The van der Waals surface area contributed by atoms with Gasteiger partial charge in [0.25, 0.3) is 0 Å². The van der Waals surface area contributed by atoms with Crippen LogP contribution in [-0.4, -0.2) is 0 Å². The van der Waals surface area contributed by atoms with Crippen molar-refractivity contribution >= 4 is 0 Å². The third-order valence-electron chi connectivity index (χ3n) is 4.62. The molecule has 0 nitrogen and oxygen atoms in total. The van der Waals surface area contributed by atoms with Crippen LogP contribution in [0.3, 0.4) is 0 Å². The molecule has 1 aromatic rings. The van der Waals surface area contributed by atoms with Crippen LogP contribution in [0.4, 0.5) is 0 Å². The average molecular weight is 245 g/mol. The Morgan fingerprint density at radius 2 is 1.28 bits per heavy atom. The van der Waals surface area contributed by atoms with Crippen molar-refractivity contribution in [3.05, 3.63) is 41.3 Å². The Bertz CT molecular complexity index is 362. The molecule has 0 amide bonds. The number of hydrogen-bond donors (Lipinski definition) is 0. The van der Waals surface area contributed by atoms with Crippen LogP contribution in [0.1, 0.15) is 78.0 Å². The second-order valence-corrected chi connectivity index (χ2v) is 6.53. The Labute approximate surface area is 114 Å². The molecule has 18 heavy (non-hydrogen) atoms. The third-order valence-corrected chi connectivity index (χ3v) is 4.62. The predicted octanol–water partition coefficient (Wildman–Crippen LogP) is 5.63. The number of rotatable bonds is 5. The van der Waals surface area contributed by atoms with Crippen LogP contribution in [0.25, 0.3) is 0 Å². The van der Waals surface area contributed by atoms with Gasteiger partial charge in [0.1, 0.15) is 0 Å². The molecule has 101 valence electrons. The van der Waals surface area contributed by atoms with Gasteiger partial charge in [-0.1, -0.05) is 66.7 Å². The molecule has 0 bridgehead atoms. The highest BCUT2D eigenvalue weighted by Gasteiger charge is 2.27. The van der Waals surface area contributed by atoms with Gasteiger partial charge in [-0.05, 0) is 46.8 Å². The molecule has 0 aliphatic heterocycles. The van der Waals surface area contributed by atoms with Crippen molar-refractivity contribution in [3.8, 4) is 0 Å². The van der Waals surface area contributed by atoms with Gasteiger partial charge in [-0.15, -0.1) is 0 Å². The summed E-state index contributed by atoms with van der Waals surface area (Å²) in [4.78, 5) is 0. The Morgan fingerprint density at radius 3 is 1.56 bits per heavy atom. The van der Waals surface area contributed by atoms with E-state index in [-0.39, 0.29) is 10.8 Å². The molecule has 0 aliphatic rings. The van der Waals surface area contributed by atoms with E-state index in [9.17, 15) is 0 Å². The van der Waals surface area contributed by atoms with Gasteiger partial charge in [0.2, 0.25) is 0 Å². The molecule has 0 saturated heterocycles. The van der Waals surface area contributed by atoms with Gasteiger partial charge in [-0.25, -0.2) is 0 Å². The fourth-order valence-corrected chi connectivity index (χ4v) is 2.44. The summed E-state index contributed by atoms with van der Waals surface area (Å²) in [6, 6.07) is 6.83. The van der Waals surface area contributed by atoms with Crippen molar-refractivity contribution < 1.29 is 0 Å². The van der Waals surface area contributed by atoms with Crippen molar-refractivity contribution in [3.63, 3.8) is 0 Å². The fraction of sp³-hybridized carbons (Fsp3) is 0.611. The molecule has 0 aromatic heterocycles. The predicted molar refractivity (Wildman–Crippen MR) is 82.2 cm³/mol. The van der Waals surface area contributed by atoms with Crippen molar-refractivity contribution in [2.45, 2.75) is 72.1 Å². The van der Waals surface area contributed by atoms with E-state index < -0.39 is 0 Å². The summed E-state index contributed by atoms with van der Waals surface area (Å²) in [5.74, 6) is 0. The molecule has 0 unspecified atom stereocenters. The first-order chi connectivity index (χ1) is 8.30. The SMILES string of the molecule is C[CH]c1c(C(C)(C)CC)cccc1C(C)(C)CC. The zero-order valence-corrected chi connectivity index (χ0v) is 13.2. The van der Waals surface area contributed by atoms with Gasteiger partial charge in [0.15, 0.2) is 0 Å². The zero-order valence-electron chi connectivity index (χ0n) is 13.2. The van der Waals surface area contributed by atoms with E-state index in [2.05, 4.69) is 73.1 Å². The molecule has 0 heteroatoms. The van der Waals surface area contributed by atoms with E-state index in [1.807, 2.05) is 0 Å². The van der Waals surface area contributed by atoms with Crippen LogP contribution in [0, 0.1) is 6.42 Å². The van der Waals surface area contributed by atoms with Crippen LogP contribution in [0.15, 0.2) is 18.2 Å². The smallest absolute Gasteiger partial charge is 0.0103 e. The summed E-state index contributed by atoms with van der Waals surface area (Å²) in [5.41, 5.74) is 4.94. The first-order valence-corrected chi connectivity index (χ1v) is 7.23. The van der Waals surface area contributed by atoms with E-state index in [4.69, 9.17) is 0 Å². The van der Waals surface area contributed by atoms with E-state index in [1.165, 1.54) is 29.5 Å². The molecular formula is C18H29. The summed E-state index contributed by atoms with van der Waals surface area (Å²) in [6.45, 7) is 16.1. The molecule has 0 spiro atoms. The second-order valence-electron chi connectivity index (χ2n) is 6.53. The monoisotopic (exact) mass is 245 g/mol. The molecule has 0 fully saturated rings. The molecular weight excluding hydrogens is 216 g/mol. The highest BCUT2D eigenvalue weighted by atomic mass is 14.3. The molecule has 1 rings (SSSR count). The number of hydrogen-bond acceptors (Lipinski definition) is 0. The first-order valence-electron chi connectivity index (χ1n) is 7.23. The molecule has 1 radical (unpaired) electrons. The molecule has 0 heterocycles. The summed E-state index contributed by atoms with van der Waals surface area (Å²) in [7, 11) is 0. The molecule has 0 saturated carbocycles. The van der Waals surface area contributed by atoms with Gasteiger partial charge in [0, 0.05) is 0 Å². The van der Waals surface area contributed by atoms with E-state index in [0.29, 0.717) is 0 Å². The molecule has 1 aromatic carbocycles. The average Bonchev–Trinajstić information content (AvgIpc) is 2.37. The van der Waals surface area contributed by atoms with Crippen LogP contribution in [-0.2, 0) is 10.8 Å². The van der Waals surface area contributed by atoms with Crippen LogP contribution >= 0.6 is 0 Å². The third kappa shape index (κ3) is 2.79. The Hall–Kier alpha value is -0.780. The standard InChI is InChI=1S/C18H29/c1-8-14-15(17(4,5)9-2)12-11-13-16(14)18(6,7)10-3/h8,11-13H,9-10H2,1-7H3. The van der Waals surface area contributed by atoms with Crippen LogP contribution in [0.5, 0.6) is 0 Å². The minimum atomic E-state index is 0.252. The molecule has 0 aliphatic carbocycles. The maximum atomic E-state index is 2.35. The van der Waals surface area contributed by atoms with E-state index in [1.54, 1.807) is 0 Å². The lowest BCUT2D eigenvalue weighted by Gasteiger charge is -2.32. The Kier molecular flexibility index (Phi) is 4.64. The largest absolute Gasteiger partial charge is 0.0646 e. The lowest BCUT2D eigenvalue weighted by atomic mass is 9.72. The normalized spacial score (nSPS) is 12.8. The van der Waals surface area contributed by atoms with E-state index in [0.717, 1.165) is 0 Å². The fourth-order valence-electron chi connectivity index (χ4n) is 2.44. The lowest BCUT2D eigenvalue weighted by molar-refractivity contribution is 0.484. The second kappa shape index (κ2) is 5.47. The summed E-state index contributed by atoms with van der Waals surface area (Å²) in [5, 5.41) is 0.